The van der Waals surface area contributed by atoms with Gasteiger partial charge >= 0.3 is 0 Å². The number of carbonyl (C=O) groups excluding carboxylic acids is 2. The van der Waals surface area contributed by atoms with Gasteiger partial charge in [0.2, 0.25) is 12.1 Å². The molecular formula is C26H25FN4O2. The highest BCUT2D eigenvalue weighted by Gasteiger charge is 2.32. The fraction of sp³-hybridized carbons (Fsp3) is 0.192. The zero-order valence-electron chi connectivity index (χ0n) is 18.5. The van der Waals surface area contributed by atoms with Crippen molar-refractivity contribution >= 4 is 23.2 Å². The van der Waals surface area contributed by atoms with E-state index in [2.05, 4.69) is 10.3 Å². The molecule has 2 amide bonds. The normalized spacial score (nSPS) is 16.5. The number of benzene rings is 3. The highest BCUT2D eigenvalue weighted by atomic mass is 19.1. The molecular weight excluding hydrogens is 419 g/mol. The summed E-state index contributed by atoms with van der Waals surface area (Å²) in [6.07, 6.45) is -0.930. The minimum absolute atomic E-state index is 0.247. The van der Waals surface area contributed by atoms with E-state index in [4.69, 9.17) is 5.73 Å². The average molecular weight is 445 g/mol. The van der Waals surface area contributed by atoms with Gasteiger partial charge < -0.3 is 16.0 Å². The van der Waals surface area contributed by atoms with Gasteiger partial charge in [-0.1, -0.05) is 60.2 Å². The number of aryl methyl sites for hydroxylation is 1. The number of nitrogens with one attached hydrogen (secondary N) is 1. The number of hydrogen-bond acceptors (Lipinski definition) is 4. The topological polar surface area (TPSA) is 87.8 Å². The van der Waals surface area contributed by atoms with Crippen LogP contribution in [-0.4, -0.2) is 36.8 Å². The van der Waals surface area contributed by atoms with Crippen LogP contribution in [-0.2, 0) is 16.0 Å². The molecule has 2 atom stereocenters. The van der Waals surface area contributed by atoms with Crippen molar-refractivity contribution in [2.45, 2.75) is 25.6 Å². The van der Waals surface area contributed by atoms with Crippen LogP contribution in [0.25, 0.3) is 0 Å². The van der Waals surface area contributed by atoms with Crippen LogP contribution in [0, 0.1) is 12.7 Å². The van der Waals surface area contributed by atoms with Crippen molar-refractivity contribution in [3.05, 3.63) is 101 Å². The molecule has 0 aliphatic carbocycles. The molecule has 7 heteroatoms. The number of benzodiazepines with no additional fused rings is 1. The number of para-hydroxylation sites is 1. The molecule has 4 rings (SSSR count). The van der Waals surface area contributed by atoms with Gasteiger partial charge in [-0.25, -0.2) is 9.38 Å². The maximum atomic E-state index is 14.7. The monoisotopic (exact) mass is 444 g/mol. The molecule has 1 aliphatic rings. The standard InChI is InChI=1S/C26H25FN4O2/c1-16-11-13-17(14-12-16)15-21(28)25(32)30-24-26(33)31(2)22-10-6-4-8-19(22)23(29-24)18-7-3-5-9-20(18)27/h3-14,21,24H,15,28H2,1-2H3,(H,30,32)/t21-,24?/m0/s1. The Morgan fingerprint density at radius 3 is 2.39 bits per heavy atom. The first-order valence-corrected chi connectivity index (χ1v) is 10.7. The molecule has 33 heavy (non-hydrogen) atoms. The van der Waals surface area contributed by atoms with Gasteiger partial charge in [-0.05, 0) is 37.1 Å². The number of hydrogen-bond donors (Lipinski definition) is 2. The van der Waals surface area contributed by atoms with Gasteiger partial charge in [0.25, 0.3) is 5.91 Å². The van der Waals surface area contributed by atoms with Crippen LogP contribution in [0.4, 0.5) is 10.1 Å². The van der Waals surface area contributed by atoms with E-state index in [0.29, 0.717) is 23.4 Å². The van der Waals surface area contributed by atoms with Crippen molar-refractivity contribution in [1.82, 2.24) is 5.32 Å². The molecule has 1 unspecified atom stereocenters. The molecule has 6 nitrogen and oxygen atoms in total. The smallest absolute Gasteiger partial charge is 0.272 e. The summed E-state index contributed by atoms with van der Waals surface area (Å²) in [5.41, 5.74) is 9.86. The third kappa shape index (κ3) is 4.68. The number of carbonyl (C=O) groups is 2. The van der Waals surface area contributed by atoms with Crippen molar-refractivity contribution in [1.29, 1.82) is 0 Å². The van der Waals surface area contributed by atoms with Crippen molar-refractivity contribution in [3.8, 4) is 0 Å². The van der Waals surface area contributed by atoms with Gasteiger partial charge in [0.05, 0.1) is 17.4 Å². The van der Waals surface area contributed by atoms with Crippen LogP contribution in [0.1, 0.15) is 22.3 Å². The van der Waals surface area contributed by atoms with E-state index in [9.17, 15) is 14.0 Å². The molecule has 0 spiro atoms. The second-order valence-electron chi connectivity index (χ2n) is 8.08. The molecule has 3 aromatic rings. The molecule has 3 aromatic carbocycles. The summed E-state index contributed by atoms with van der Waals surface area (Å²) < 4.78 is 14.7. The Morgan fingerprint density at radius 1 is 1.06 bits per heavy atom. The molecule has 0 radical (unpaired) electrons. The predicted octanol–water partition coefficient (Wildman–Crippen LogP) is 2.96. The highest BCUT2D eigenvalue weighted by Crippen LogP contribution is 2.28. The number of likely N-dealkylation sites (N-methyl/N-ethyl adjacent to an activating group) is 1. The summed E-state index contributed by atoms with van der Waals surface area (Å²) in [5.74, 6) is -1.42. The lowest BCUT2D eigenvalue weighted by molar-refractivity contribution is -0.128. The van der Waals surface area contributed by atoms with E-state index < -0.39 is 29.8 Å². The summed E-state index contributed by atoms with van der Waals surface area (Å²) in [7, 11) is 1.60. The Morgan fingerprint density at radius 2 is 1.70 bits per heavy atom. The molecule has 1 heterocycles. The minimum atomic E-state index is -1.24. The Bertz CT molecular complexity index is 1220. The van der Waals surface area contributed by atoms with E-state index in [1.165, 1.54) is 11.0 Å². The number of rotatable bonds is 5. The van der Waals surface area contributed by atoms with Crippen molar-refractivity contribution in [3.63, 3.8) is 0 Å². The predicted molar refractivity (Wildman–Crippen MR) is 127 cm³/mol. The Balaban J connectivity index is 1.66. The summed E-state index contributed by atoms with van der Waals surface area (Å²) in [6.45, 7) is 1.98. The largest absolute Gasteiger partial charge is 0.325 e. The molecule has 0 saturated carbocycles. The molecule has 0 bridgehead atoms. The number of anilines is 1. The van der Waals surface area contributed by atoms with E-state index in [-0.39, 0.29) is 5.56 Å². The van der Waals surface area contributed by atoms with Crippen LogP contribution >= 0.6 is 0 Å². The van der Waals surface area contributed by atoms with E-state index in [1.807, 2.05) is 31.2 Å². The fourth-order valence-corrected chi connectivity index (χ4v) is 3.80. The first kappa shape index (κ1) is 22.4. The zero-order valence-corrected chi connectivity index (χ0v) is 18.5. The average Bonchev–Trinajstić information content (AvgIpc) is 2.91. The van der Waals surface area contributed by atoms with Crippen molar-refractivity contribution in [2.75, 3.05) is 11.9 Å². The van der Waals surface area contributed by atoms with E-state index >= 15 is 0 Å². The lowest BCUT2D eigenvalue weighted by Gasteiger charge is -2.22. The molecule has 0 saturated heterocycles. The minimum Gasteiger partial charge on any atom is -0.325 e. The van der Waals surface area contributed by atoms with Crippen molar-refractivity contribution in [2.24, 2.45) is 10.7 Å². The van der Waals surface area contributed by atoms with Gasteiger partial charge in [0, 0.05) is 18.2 Å². The van der Waals surface area contributed by atoms with Crippen molar-refractivity contribution < 1.29 is 14.0 Å². The van der Waals surface area contributed by atoms with Crippen LogP contribution in [0.15, 0.2) is 77.8 Å². The number of amides is 2. The fourth-order valence-electron chi connectivity index (χ4n) is 3.80. The van der Waals surface area contributed by atoms with Gasteiger partial charge in [-0.15, -0.1) is 0 Å². The van der Waals surface area contributed by atoms with Gasteiger partial charge in [0.1, 0.15) is 5.82 Å². The molecule has 3 N–H and O–H groups in total. The third-order valence-corrected chi connectivity index (χ3v) is 5.66. The molecule has 0 fully saturated rings. The maximum Gasteiger partial charge on any atom is 0.272 e. The molecule has 168 valence electrons. The lowest BCUT2D eigenvalue weighted by Crippen LogP contribution is -2.51. The number of fused-ring (bicyclic) bond motifs is 1. The van der Waals surface area contributed by atoms with Gasteiger partial charge in [0.15, 0.2) is 0 Å². The van der Waals surface area contributed by atoms with Crippen LogP contribution in [0.5, 0.6) is 0 Å². The van der Waals surface area contributed by atoms with E-state index in [0.717, 1.165) is 11.1 Å². The van der Waals surface area contributed by atoms with E-state index in [1.54, 1.807) is 49.5 Å². The second-order valence-corrected chi connectivity index (χ2v) is 8.08. The first-order valence-electron chi connectivity index (χ1n) is 10.7. The molecule has 0 aromatic heterocycles. The number of halogens is 1. The zero-order chi connectivity index (χ0) is 23.5. The quantitative estimate of drug-likeness (QED) is 0.634. The lowest BCUT2D eigenvalue weighted by atomic mass is 10.00. The first-order chi connectivity index (χ1) is 15.8. The van der Waals surface area contributed by atoms with Crippen LogP contribution < -0.4 is 16.0 Å². The Kier molecular flexibility index (Phi) is 6.33. The Labute approximate surface area is 191 Å². The van der Waals surface area contributed by atoms with Gasteiger partial charge in [-0.2, -0.15) is 0 Å². The van der Waals surface area contributed by atoms with Crippen LogP contribution in [0.2, 0.25) is 0 Å². The summed E-state index contributed by atoms with van der Waals surface area (Å²) in [5, 5.41) is 2.66. The number of nitrogens with zero attached hydrogens (tertiary/aromatic N) is 2. The Hall–Kier alpha value is -3.84. The molecule has 1 aliphatic heterocycles. The maximum absolute atomic E-state index is 14.7. The highest BCUT2D eigenvalue weighted by molar-refractivity contribution is 6.20. The summed E-state index contributed by atoms with van der Waals surface area (Å²) in [4.78, 5) is 32.0. The second kappa shape index (κ2) is 9.34. The summed E-state index contributed by atoms with van der Waals surface area (Å²) in [6, 6.07) is 20.2. The third-order valence-electron chi connectivity index (χ3n) is 5.66. The number of nitrogens with two attached hydrogens (primary N) is 1. The van der Waals surface area contributed by atoms with Gasteiger partial charge in [-0.3, -0.25) is 9.59 Å². The summed E-state index contributed by atoms with van der Waals surface area (Å²) >= 11 is 0. The van der Waals surface area contributed by atoms with Crippen LogP contribution in [0.3, 0.4) is 0 Å². The number of aliphatic imine (C=N–C) groups is 1. The SMILES string of the molecule is Cc1ccc(C[C@H](N)C(=O)NC2N=C(c3ccccc3F)c3ccccc3N(C)C2=O)cc1.